The van der Waals surface area contributed by atoms with Gasteiger partial charge in [0.15, 0.2) is 5.43 Å². The van der Waals surface area contributed by atoms with Crippen LogP contribution in [-0.4, -0.2) is 45.4 Å². The highest BCUT2D eigenvalue weighted by molar-refractivity contribution is 5.86. The SMILES string of the molecule is COc1ccc(-c2cc(=O)c3c(OCCN4CCCC4)cc(OC)cc3o2)cc1. The summed E-state index contributed by atoms with van der Waals surface area (Å²) in [6, 6.07) is 12.3. The maximum absolute atomic E-state index is 12.9. The normalized spacial score (nSPS) is 14.3. The van der Waals surface area contributed by atoms with E-state index in [0.29, 0.717) is 34.8 Å². The van der Waals surface area contributed by atoms with Crippen LogP contribution in [0.4, 0.5) is 0 Å². The molecule has 0 amide bonds. The standard InChI is InChI=1S/C23H25NO5/c1-26-17-7-5-16(6-8-17)20-15-19(25)23-21(13-18(27-2)14-22(23)29-20)28-12-11-24-9-3-4-10-24/h5-8,13-15H,3-4,9-12H2,1-2H3. The second-order valence-electron chi connectivity index (χ2n) is 7.10. The van der Waals surface area contributed by atoms with Crippen molar-refractivity contribution in [2.75, 3.05) is 40.5 Å². The number of fused-ring (bicyclic) bond motifs is 1. The van der Waals surface area contributed by atoms with Gasteiger partial charge in [-0.25, -0.2) is 0 Å². The van der Waals surface area contributed by atoms with Crippen molar-refractivity contribution in [2.24, 2.45) is 0 Å². The fourth-order valence-electron chi connectivity index (χ4n) is 3.65. The zero-order valence-electron chi connectivity index (χ0n) is 16.8. The zero-order chi connectivity index (χ0) is 20.2. The Hall–Kier alpha value is -2.99. The number of hydrogen-bond acceptors (Lipinski definition) is 6. The molecule has 3 aromatic rings. The van der Waals surface area contributed by atoms with Gasteiger partial charge in [-0.3, -0.25) is 9.69 Å². The van der Waals surface area contributed by atoms with Gasteiger partial charge >= 0.3 is 0 Å². The minimum Gasteiger partial charge on any atom is -0.497 e. The van der Waals surface area contributed by atoms with Gasteiger partial charge in [0, 0.05) is 30.3 Å². The molecule has 6 nitrogen and oxygen atoms in total. The van der Waals surface area contributed by atoms with Crippen molar-refractivity contribution in [1.82, 2.24) is 4.90 Å². The summed E-state index contributed by atoms with van der Waals surface area (Å²) < 4.78 is 22.6. The molecule has 0 saturated carbocycles. The first-order valence-corrected chi connectivity index (χ1v) is 9.83. The third-order valence-electron chi connectivity index (χ3n) is 5.24. The fraction of sp³-hybridized carbons (Fsp3) is 0.348. The predicted molar refractivity (Wildman–Crippen MR) is 112 cm³/mol. The molecule has 29 heavy (non-hydrogen) atoms. The van der Waals surface area contributed by atoms with Gasteiger partial charge in [0.25, 0.3) is 0 Å². The molecule has 2 aromatic carbocycles. The van der Waals surface area contributed by atoms with E-state index >= 15 is 0 Å². The van der Waals surface area contributed by atoms with Crippen LogP contribution in [0.25, 0.3) is 22.3 Å². The summed E-state index contributed by atoms with van der Waals surface area (Å²) in [4.78, 5) is 15.3. The lowest BCUT2D eigenvalue weighted by Crippen LogP contribution is -2.25. The molecule has 1 fully saturated rings. The molecule has 0 radical (unpaired) electrons. The molecule has 1 aromatic heterocycles. The molecular formula is C23H25NO5. The van der Waals surface area contributed by atoms with Crippen LogP contribution in [0, 0.1) is 0 Å². The van der Waals surface area contributed by atoms with Gasteiger partial charge < -0.3 is 18.6 Å². The van der Waals surface area contributed by atoms with Crippen LogP contribution in [0.15, 0.2) is 51.7 Å². The van der Waals surface area contributed by atoms with Crippen molar-refractivity contribution in [3.63, 3.8) is 0 Å². The minimum atomic E-state index is -0.143. The Balaban J connectivity index is 1.67. The molecule has 0 N–H and O–H groups in total. The first kappa shape index (κ1) is 19.3. The summed E-state index contributed by atoms with van der Waals surface area (Å²) >= 11 is 0. The lowest BCUT2D eigenvalue weighted by molar-refractivity contribution is 0.238. The Bertz CT molecular complexity index is 1040. The number of ether oxygens (including phenoxy) is 3. The number of rotatable bonds is 7. The lowest BCUT2D eigenvalue weighted by Gasteiger charge is -2.16. The van der Waals surface area contributed by atoms with E-state index < -0.39 is 0 Å². The first-order valence-electron chi connectivity index (χ1n) is 9.83. The fourth-order valence-corrected chi connectivity index (χ4v) is 3.65. The molecular weight excluding hydrogens is 370 g/mol. The van der Waals surface area contributed by atoms with E-state index in [9.17, 15) is 4.79 Å². The summed E-state index contributed by atoms with van der Waals surface area (Å²) in [6.45, 7) is 3.57. The van der Waals surface area contributed by atoms with Gasteiger partial charge in [0.1, 0.15) is 40.6 Å². The Morgan fingerprint density at radius 3 is 2.38 bits per heavy atom. The predicted octanol–water partition coefficient (Wildman–Crippen LogP) is 3.95. The maximum atomic E-state index is 12.9. The van der Waals surface area contributed by atoms with E-state index in [0.717, 1.165) is 30.9 Å². The van der Waals surface area contributed by atoms with Crippen molar-refractivity contribution in [3.05, 3.63) is 52.7 Å². The van der Waals surface area contributed by atoms with E-state index in [1.807, 2.05) is 24.3 Å². The largest absolute Gasteiger partial charge is 0.497 e. The molecule has 0 unspecified atom stereocenters. The van der Waals surface area contributed by atoms with E-state index in [2.05, 4.69) is 4.90 Å². The highest BCUT2D eigenvalue weighted by atomic mass is 16.5. The highest BCUT2D eigenvalue weighted by Gasteiger charge is 2.16. The summed E-state index contributed by atoms with van der Waals surface area (Å²) in [7, 11) is 3.20. The molecule has 152 valence electrons. The quantitative estimate of drug-likeness (QED) is 0.604. The number of benzene rings is 2. The van der Waals surface area contributed by atoms with Gasteiger partial charge in [-0.05, 0) is 50.2 Å². The van der Waals surface area contributed by atoms with Crippen LogP contribution in [0.2, 0.25) is 0 Å². The molecule has 0 atom stereocenters. The minimum absolute atomic E-state index is 0.143. The first-order chi connectivity index (χ1) is 14.2. The Labute approximate surface area is 169 Å². The van der Waals surface area contributed by atoms with Gasteiger partial charge in [-0.15, -0.1) is 0 Å². The van der Waals surface area contributed by atoms with Gasteiger partial charge in [-0.1, -0.05) is 0 Å². The molecule has 0 bridgehead atoms. The molecule has 6 heteroatoms. The summed E-state index contributed by atoms with van der Waals surface area (Å²) in [6.07, 6.45) is 2.47. The van der Waals surface area contributed by atoms with E-state index in [1.165, 1.54) is 18.9 Å². The topological polar surface area (TPSA) is 61.1 Å². The monoisotopic (exact) mass is 395 g/mol. The summed E-state index contributed by atoms with van der Waals surface area (Å²) in [5, 5.41) is 0.435. The highest BCUT2D eigenvalue weighted by Crippen LogP contribution is 2.32. The van der Waals surface area contributed by atoms with Gasteiger partial charge in [-0.2, -0.15) is 0 Å². The molecule has 1 aliphatic heterocycles. The maximum Gasteiger partial charge on any atom is 0.197 e. The van der Waals surface area contributed by atoms with Crippen LogP contribution < -0.4 is 19.6 Å². The third kappa shape index (κ3) is 4.22. The van der Waals surface area contributed by atoms with Gasteiger partial charge in [0.2, 0.25) is 0 Å². The number of likely N-dealkylation sites (tertiary alicyclic amines) is 1. The zero-order valence-corrected chi connectivity index (χ0v) is 16.8. The smallest absolute Gasteiger partial charge is 0.197 e. The molecule has 1 aliphatic rings. The van der Waals surface area contributed by atoms with Crippen molar-refractivity contribution < 1.29 is 18.6 Å². The van der Waals surface area contributed by atoms with E-state index in [1.54, 1.807) is 26.4 Å². The second kappa shape index (κ2) is 8.57. The molecule has 0 spiro atoms. The Kier molecular flexibility index (Phi) is 5.71. The lowest BCUT2D eigenvalue weighted by atomic mass is 10.1. The molecule has 2 heterocycles. The van der Waals surface area contributed by atoms with Crippen molar-refractivity contribution in [3.8, 4) is 28.6 Å². The van der Waals surface area contributed by atoms with Crippen LogP contribution >= 0.6 is 0 Å². The average Bonchev–Trinajstić information content (AvgIpc) is 3.26. The third-order valence-corrected chi connectivity index (χ3v) is 5.24. The van der Waals surface area contributed by atoms with Crippen LogP contribution in [0.3, 0.4) is 0 Å². The number of hydrogen-bond donors (Lipinski definition) is 0. The van der Waals surface area contributed by atoms with Gasteiger partial charge in [0.05, 0.1) is 14.2 Å². The number of methoxy groups -OCH3 is 2. The van der Waals surface area contributed by atoms with E-state index in [-0.39, 0.29) is 5.43 Å². The van der Waals surface area contributed by atoms with Crippen LogP contribution in [-0.2, 0) is 0 Å². The number of nitrogens with zero attached hydrogens (tertiary/aromatic N) is 1. The second-order valence-corrected chi connectivity index (χ2v) is 7.10. The van der Waals surface area contributed by atoms with E-state index in [4.69, 9.17) is 18.6 Å². The summed E-state index contributed by atoms with van der Waals surface area (Å²) in [5.74, 6) is 2.31. The molecule has 0 aliphatic carbocycles. The van der Waals surface area contributed by atoms with Crippen LogP contribution in [0.1, 0.15) is 12.8 Å². The van der Waals surface area contributed by atoms with Crippen LogP contribution in [0.5, 0.6) is 17.2 Å². The Morgan fingerprint density at radius 1 is 0.966 bits per heavy atom. The Morgan fingerprint density at radius 2 is 1.69 bits per heavy atom. The average molecular weight is 395 g/mol. The summed E-state index contributed by atoms with van der Waals surface area (Å²) in [5.41, 5.74) is 1.10. The molecule has 4 rings (SSSR count). The van der Waals surface area contributed by atoms with Crippen molar-refractivity contribution in [2.45, 2.75) is 12.8 Å². The van der Waals surface area contributed by atoms with Crippen molar-refractivity contribution in [1.29, 1.82) is 0 Å². The molecule has 1 saturated heterocycles. The van der Waals surface area contributed by atoms with Crippen molar-refractivity contribution >= 4 is 11.0 Å².